The second kappa shape index (κ2) is 17.0. The quantitative estimate of drug-likeness (QED) is 0.562. The van der Waals surface area contributed by atoms with Crippen molar-refractivity contribution in [2.45, 2.75) is 24.6 Å². The fourth-order valence-corrected chi connectivity index (χ4v) is 0. The van der Waals surface area contributed by atoms with Crippen LogP contribution in [0.15, 0.2) is 0 Å². The predicted molar refractivity (Wildman–Crippen MR) is 59.1 cm³/mol. The molecule has 0 spiro atoms. The topological polar surface area (TPSA) is 0 Å². The van der Waals surface area contributed by atoms with Gasteiger partial charge in [-0.1, -0.05) is 48.7 Å². The van der Waals surface area contributed by atoms with Gasteiger partial charge in [-0.15, -0.1) is 37.2 Å². The zero-order valence-electron chi connectivity index (χ0n) is 5.86. The van der Waals surface area contributed by atoms with E-state index >= 15 is 0 Å². The number of alkyl halides is 3. The van der Waals surface area contributed by atoms with Crippen LogP contribution in [0.2, 0.25) is 0 Å². The smallest absolute Gasteiger partial charge is 0.147 e. The molecule has 0 fully saturated rings. The molecule has 0 N–H and O–H groups in total. The summed E-state index contributed by atoms with van der Waals surface area (Å²) in [6.45, 7) is 5.48. The molecule has 0 rings (SSSR count). The van der Waals surface area contributed by atoms with Crippen molar-refractivity contribution in [3.63, 3.8) is 0 Å². The van der Waals surface area contributed by atoms with Crippen molar-refractivity contribution in [2.75, 3.05) is 0 Å². The second-order valence-electron chi connectivity index (χ2n) is 0.781. The van der Waals surface area contributed by atoms with Gasteiger partial charge in [-0.05, 0) is 6.92 Å². The molecule has 6 heteroatoms. The first-order valence-electron chi connectivity index (χ1n) is 2.07. The minimum absolute atomic E-state index is 0. The van der Waals surface area contributed by atoms with E-state index in [9.17, 15) is 0 Å². The second-order valence-corrected chi connectivity index (χ2v) is 3.63. The molecule has 0 aliphatic heterocycles. The average Bonchev–Trinajstić information content (AvgIpc) is 1.36. The van der Waals surface area contributed by atoms with Crippen molar-refractivity contribution < 1.29 is 0 Å². The molecule has 10 heavy (non-hydrogen) atoms. The van der Waals surface area contributed by atoms with Crippen LogP contribution in [-0.2, 0) is 0 Å². The number of rotatable bonds is 0. The first-order chi connectivity index (χ1) is 3.00. The zero-order chi connectivity index (χ0) is 6.50. The lowest BCUT2D eigenvalue weighted by atomic mass is 10.9. The van der Waals surface area contributed by atoms with Gasteiger partial charge in [0.05, 0.1) is 0 Å². The molecular weight excluding hydrogens is 261 g/mol. The molecule has 0 aromatic rings. The van der Waals surface area contributed by atoms with Crippen LogP contribution in [0.5, 0.6) is 0 Å². The summed E-state index contributed by atoms with van der Waals surface area (Å²) in [6, 6.07) is 0. The van der Waals surface area contributed by atoms with Crippen molar-refractivity contribution in [1.82, 2.24) is 0 Å². The molecule has 0 bridgehead atoms. The van der Waals surface area contributed by atoms with Gasteiger partial charge in [-0.25, -0.2) is 0 Å². The van der Waals surface area contributed by atoms with Gasteiger partial charge in [0.15, 0.2) is 3.79 Å². The van der Waals surface area contributed by atoms with Crippen LogP contribution in [0, 0.1) is 0 Å². The van der Waals surface area contributed by atoms with Gasteiger partial charge >= 0.3 is 0 Å². The van der Waals surface area contributed by atoms with E-state index in [0.29, 0.717) is 0 Å². The first kappa shape index (κ1) is 29.8. The minimum atomic E-state index is -1.08. The van der Waals surface area contributed by atoms with Crippen molar-refractivity contribution in [3.8, 4) is 0 Å². The lowest BCUT2D eigenvalue weighted by molar-refractivity contribution is 1.27. The summed E-state index contributed by atoms with van der Waals surface area (Å²) >= 11 is 15.2. The minimum Gasteiger partial charge on any atom is -0.147 e. The fraction of sp³-hybridized carbons (Fsp3) is 1.00. The molecule has 0 saturated heterocycles. The van der Waals surface area contributed by atoms with E-state index in [4.69, 9.17) is 34.8 Å². The lowest BCUT2D eigenvalue weighted by Gasteiger charge is -1.94. The molecule has 0 unspecified atom stereocenters. The lowest BCUT2D eigenvalue weighted by Crippen LogP contribution is -1.87. The first-order valence-corrected chi connectivity index (χ1v) is 3.20. The van der Waals surface area contributed by atoms with Crippen molar-refractivity contribution >= 4 is 72.0 Å². The third kappa shape index (κ3) is 246. The molecule has 0 radical (unpaired) electrons. The third-order valence-corrected chi connectivity index (χ3v) is 0. The van der Waals surface area contributed by atoms with Crippen molar-refractivity contribution in [2.24, 2.45) is 0 Å². The molecular formula is C4H12Cl6. The van der Waals surface area contributed by atoms with E-state index in [-0.39, 0.29) is 37.2 Å². The zero-order valence-corrected chi connectivity index (χ0v) is 10.6. The largest absolute Gasteiger partial charge is 0.187 e. The summed E-state index contributed by atoms with van der Waals surface area (Å²) in [5.41, 5.74) is 0. The molecule has 0 aliphatic rings. The van der Waals surface area contributed by atoms with Crippen LogP contribution >= 0.6 is 72.0 Å². The SMILES string of the molecule is CC.CC(Cl)(Cl)Cl.Cl.Cl.Cl. The van der Waals surface area contributed by atoms with Crippen LogP contribution in [0.1, 0.15) is 20.8 Å². The maximum Gasteiger partial charge on any atom is 0.187 e. The Morgan fingerprint density at radius 3 is 0.800 bits per heavy atom. The summed E-state index contributed by atoms with van der Waals surface area (Å²) in [4.78, 5) is 0. The summed E-state index contributed by atoms with van der Waals surface area (Å²) < 4.78 is -1.08. The predicted octanol–water partition coefficient (Wildman–Crippen LogP) is 4.67. The van der Waals surface area contributed by atoms with Crippen LogP contribution in [0.4, 0.5) is 0 Å². The average molecular weight is 273 g/mol. The normalized spacial score (nSPS) is 6.60. The highest BCUT2D eigenvalue weighted by atomic mass is 35.6. The van der Waals surface area contributed by atoms with Crippen LogP contribution in [-0.4, -0.2) is 3.79 Å². The van der Waals surface area contributed by atoms with E-state index in [0.717, 1.165) is 0 Å². The van der Waals surface area contributed by atoms with E-state index in [1.807, 2.05) is 13.8 Å². The Hall–Kier alpha value is 1.74. The molecule has 0 amide bonds. The van der Waals surface area contributed by atoms with Gasteiger partial charge in [0.2, 0.25) is 0 Å². The van der Waals surface area contributed by atoms with Crippen LogP contribution in [0.25, 0.3) is 0 Å². The maximum absolute atomic E-state index is 5.06. The summed E-state index contributed by atoms with van der Waals surface area (Å²) in [5.74, 6) is 0. The van der Waals surface area contributed by atoms with Gasteiger partial charge < -0.3 is 0 Å². The molecule has 0 aliphatic carbocycles. The third-order valence-electron chi connectivity index (χ3n) is 0. The van der Waals surface area contributed by atoms with E-state index in [2.05, 4.69) is 0 Å². The van der Waals surface area contributed by atoms with Gasteiger partial charge in [0, 0.05) is 0 Å². The van der Waals surface area contributed by atoms with E-state index in [1.165, 1.54) is 6.92 Å². The molecule has 0 nitrogen and oxygen atoms in total. The Bertz CT molecular complexity index is 25.2. The highest BCUT2D eigenvalue weighted by molar-refractivity contribution is 6.67. The highest BCUT2D eigenvalue weighted by Crippen LogP contribution is 2.23. The molecule has 70 valence electrons. The summed E-state index contributed by atoms with van der Waals surface area (Å²) in [5, 5.41) is 0. The monoisotopic (exact) mass is 270 g/mol. The molecule has 0 aromatic carbocycles. The molecule has 0 heterocycles. The van der Waals surface area contributed by atoms with E-state index < -0.39 is 3.79 Å². The highest BCUT2D eigenvalue weighted by Gasteiger charge is 2.07. The van der Waals surface area contributed by atoms with Crippen LogP contribution in [0.3, 0.4) is 0 Å². The Labute approximate surface area is 96.2 Å². The van der Waals surface area contributed by atoms with E-state index in [1.54, 1.807) is 0 Å². The Morgan fingerprint density at radius 2 is 0.800 bits per heavy atom. The standard InChI is InChI=1S/C2H3Cl3.C2H6.3ClH/c1-2(3,4)5;1-2;;;/h1H3;1-2H3;3*1H. The summed E-state index contributed by atoms with van der Waals surface area (Å²) in [6.07, 6.45) is 0. The van der Waals surface area contributed by atoms with Gasteiger partial charge in [-0.3, -0.25) is 0 Å². The molecule has 0 saturated carbocycles. The molecule has 0 aromatic heterocycles. The fourth-order valence-electron chi connectivity index (χ4n) is 0. The van der Waals surface area contributed by atoms with Gasteiger partial charge in [-0.2, -0.15) is 0 Å². The van der Waals surface area contributed by atoms with Crippen LogP contribution < -0.4 is 0 Å². The summed E-state index contributed by atoms with van der Waals surface area (Å²) in [7, 11) is 0. The maximum atomic E-state index is 5.06. The van der Waals surface area contributed by atoms with Gasteiger partial charge in [0.1, 0.15) is 0 Å². The molecule has 0 atom stereocenters. The van der Waals surface area contributed by atoms with Crippen molar-refractivity contribution in [1.29, 1.82) is 0 Å². The van der Waals surface area contributed by atoms with Gasteiger partial charge in [0.25, 0.3) is 0 Å². The number of halogens is 6. The Balaban J connectivity index is -0.0000000154. The Morgan fingerprint density at radius 1 is 0.800 bits per heavy atom. The Kier molecular flexibility index (Phi) is 50.7. The number of hydrogen-bond acceptors (Lipinski definition) is 0. The number of hydrogen-bond donors (Lipinski definition) is 0. The van der Waals surface area contributed by atoms with Crippen molar-refractivity contribution in [3.05, 3.63) is 0 Å².